The summed E-state index contributed by atoms with van der Waals surface area (Å²) in [4.78, 5) is 14.5. The normalized spacial score (nSPS) is 18.7. The summed E-state index contributed by atoms with van der Waals surface area (Å²) >= 11 is 3.51. The molecule has 0 aromatic heterocycles. The largest absolute Gasteiger partial charge is 0.332 e. The van der Waals surface area contributed by atoms with Crippen LogP contribution in [-0.4, -0.2) is 40.5 Å². The Kier molecular flexibility index (Phi) is 5.01. The molecule has 0 bridgehead atoms. The lowest BCUT2D eigenvalue weighted by molar-refractivity contribution is -0.129. The van der Waals surface area contributed by atoms with Crippen LogP contribution in [-0.2, 0) is 4.79 Å². The van der Waals surface area contributed by atoms with Crippen LogP contribution in [0.1, 0.15) is 18.4 Å². The molecule has 1 amide bonds. The molecule has 2 nitrogen and oxygen atoms in total. The van der Waals surface area contributed by atoms with Crippen molar-refractivity contribution in [1.82, 2.24) is 4.90 Å². The van der Waals surface area contributed by atoms with Crippen LogP contribution in [0.15, 0.2) is 30.3 Å². The second-order valence-electron chi connectivity index (χ2n) is 4.49. The smallest absolute Gasteiger partial charge is 0.237 e. The number of benzene rings is 1. The molecule has 2 rings (SSSR count). The average molecular weight is 281 g/mol. The molecule has 0 N–H and O–H groups in total. The average Bonchev–Trinajstić information content (AvgIpc) is 2.94. The molecule has 1 saturated heterocycles. The quantitative estimate of drug-likeness (QED) is 0.846. The van der Waals surface area contributed by atoms with Crippen LogP contribution >= 0.6 is 23.5 Å². The Labute approximate surface area is 118 Å². The molecule has 0 aliphatic carbocycles. The maximum absolute atomic E-state index is 12.5. The number of hydrogen-bond acceptors (Lipinski definition) is 3. The summed E-state index contributed by atoms with van der Waals surface area (Å²) < 4.78 is 0. The van der Waals surface area contributed by atoms with E-state index in [0.717, 1.165) is 18.2 Å². The summed E-state index contributed by atoms with van der Waals surface area (Å²) in [6.45, 7) is 3.06. The first-order chi connectivity index (χ1) is 8.74. The summed E-state index contributed by atoms with van der Waals surface area (Å²) in [6, 6.07) is 10.3. The van der Waals surface area contributed by atoms with E-state index >= 15 is 0 Å². The molecule has 2 atom stereocenters. The number of carbonyl (C=O) groups is 1. The third-order valence-corrected chi connectivity index (χ3v) is 5.42. The number of hydrogen-bond donors (Lipinski definition) is 0. The van der Waals surface area contributed by atoms with Crippen LogP contribution in [0.5, 0.6) is 0 Å². The van der Waals surface area contributed by atoms with E-state index in [4.69, 9.17) is 0 Å². The van der Waals surface area contributed by atoms with E-state index < -0.39 is 0 Å². The minimum atomic E-state index is 0.0334. The minimum Gasteiger partial charge on any atom is -0.332 e. The van der Waals surface area contributed by atoms with Crippen molar-refractivity contribution >= 4 is 29.4 Å². The van der Waals surface area contributed by atoms with Crippen molar-refractivity contribution in [3.8, 4) is 0 Å². The molecule has 1 heterocycles. The number of rotatable bonds is 4. The van der Waals surface area contributed by atoms with Crippen LogP contribution < -0.4 is 0 Å². The van der Waals surface area contributed by atoms with Crippen LogP contribution in [0, 0.1) is 0 Å². The Hall–Kier alpha value is -0.610. The van der Waals surface area contributed by atoms with Crippen molar-refractivity contribution in [2.75, 3.05) is 24.4 Å². The Morgan fingerprint density at radius 3 is 2.67 bits per heavy atom. The first kappa shape index (κ1) is 13.8. The van der Waals surface area contributed by atoms with E-state index in [1.807, 2.05) is 41.1 Å². The SMILES string of the molecule is CSC(C(=O)N1CCSC1)C(C)c1ccccc1. The lowest BCUT2D eigenvalue weighted by Crippen LogP contribution is -2.38. The standard InChI is InChI=1S/C14H19NOS2/c1-11(12-6-4-3-5-7-12)13(17-2)14(16)15-8-9-18-10-15/h3-7,11,13H,8-10H2,1-2H3. The van der Waals surface area contributed by atoms with Crippen molar-refractivity contribution in [3.05, 3.63) is 35.9 Å². The summed E-state index contributed by atoms with van der Waals surface area (Å²) in [5.74, 6) is 2.49. The Morgan fingerprint density at radius 1 is 1.39 bits per heavy atom. The van der Waals surface area contributed by atoms with Crippen LogP contribution in [0.4, 0.5) is 0 Å². The molecule has 0 spiro atoms. The highest BCUT2D eigenvalue weighted by molar-refractivity contribution is 8.00. The number of nitrogens with zero attached hydrogens (tertiary/aromatic N) is 1. The highest BCUT2D eigenvalue weighted by Gasteiger charge is 2.30. The summed E-state index contributed by atoms with van der Waals surface area (Å²) in [6.07, 6.45) is 2.03. The van der Waals surface area contributed by atoms with Gasteiger partial charge in [-0.3, -0.25) is 4.79 Å². The fourth-order valence-corrected chi connectivity index (χ4v) is 4.09. The number of thioether (sulfide) groups is 2. The molecule has 1 aliphatic heterocycles. The molecule has 4 heteroatoms. The molecule has 98 valence electrons. The monoisotopic (exact) mass is 281 g/mol. The second-order valence-corrected chi connectivity index (χ2v) is 6.55. The zero-order valence-electron chi connectivity index (χ0n) is 10.8. The van der Waals surface area contributed by atoms with Gasteiger partial charge in [0, 0.05) is 18.2 Å². The Morgan fingerprint density at radius 2 is 2.11 bits per heavy atom. The zero-order valence-corrected chi connectivity index (χ0v) is 12.5. The van der Waals surface area contributed by atoms with E-state index in [0.29, 0.717) is 5.91 Å². The van der Waals surface area contributed by atoms with Crippen LogP contribution in [0.25, 0.3) is 0 Å². The van der Waals surface area contributed by atoms with Gasteiger partial charge < -0.3 is 4.90 Å². The highest BCUT2D eigenvalue weighted by atomic mass is 32.2. The van der Waals surface area contributed by atoms with E-state index in [1.165, 1.54) is 5.56 Å². The van der Waals surface area contributed by atoms with E-state index in [-0.39, 0.29) is 11.2 Å². The lowest BCUT2D eigenvalue weighted by Gasteiger charge is -2.26. The van der Waals surface area contributed by atoms with Gasteiger partial charge in [0.15, 0.2) is 0 Å². The number of amides is 1. The van der Waals surface area contributed by atoms with E-state index in [2.05, 4.69) is 19.1 Å². The van der Waals surface area contributed by atoms with Gasteiger partial charge in [-0.2, -0.15) is 11.8 Å². The number of carbonyl (C=O) groups excluding carboxylic acids is 1. The molecule has 0 radical (unpaired) electrons. The Bertz CT molecular complexity index is 390. The molecular weight excluding hydrogens is 262 g/mol. The molecule has 1 aromatic carbocycles. The van der Waals surface area contributed by atoms with E-state index in [1.54, 1.807) is 11.8 Å². The molecule has 2 unspecified atom stereocenters. The van der Waals surface area contributed by atoms with Crippen LogP contribution in [0.3, 0.4) is 0 Å². The molecule has 1 fully saturated rings. The Balaban J connectivity index is 2.10. The van der Waals surface area contributed by atoms with Gasteiger partial charge in [-0.15, -0.1) is 11.8 Å². The van der Waals surface area contributed by atoms with Crippen LogP contribution in [0.2, 0.25) is 0 Å². The van der Waals surface area contributed by atoms with Crippen molar-refractivity contribution in [2.24, 2.45) is 0 Å². The summed E-state index contributed by atoms with van der Waals surface area (Å²) in [7, 11) is 0. The van der Waals surface area contributed by atoms with Crippen molar-refractivity contribution < 1.29 is 4.79 Å². The van der Waals surface area contributed by atoms with Gasteiger partial charge in [0.2, 0.25) is 5.91 Å². The molecule has 1 aromatic rings. The first-order valence-corrected chi connectivity index (χ1v) is 8.62. The minimum absolute atomic E-state index is 0.0334. The zero-order chi connectivity index (χ0) is 13.0. The molecule has 1 aliphatic rings. The second kappa shape index (κ2) is 6.53. The fraction of sp³-hybridized carbons (Fsp3) is 0.500. The maximum Gasteiger partial charge on any atom is 0.237 e. The third kappa shape index (κ3) is 3.04. The topological polar surface area (TPSA) is 20.3 Å². The van der Waals surface area contributed by atoms with Gasteiger partial charge in [0.05, 0.1) is 11.1 Å². The summed E-state index contributed by atoms with van der Waals surface area (Å²) in [5, 5.41) is 0.0334. The lowest BCUT2D eigenvalue weighted by atomic mass is 9.97. The van der Waals surface area contributed by atoms with Gasteiger partial charge in [-0.05, 0) is 11.8 Å². The molecule has 0 saturated carbocycles. The predicted octanol–water partition coefficient (Wildman–Crippen LogP) is 3.05. The summed E-state index contributed by atoms with van der Waals surface area (Å²) in [5.41, 5.74) is 1.25. The first-order valence-electron chi connectivity index (χ1n) is 6.18. The molecular formula is C14H19NOS2. The van der Waals surface area contributed by atoms with Gasteiger partial charge in [0.1, 0.15) is 0 Å². The molecule has 18 heavy (non-hydrogen) atoms. The highest BCUT2D eigenvalue weighted by Crippen LogP contribution is 2.30. The fourth-order valence-electron chi connectivity index (χ4n) is 2.22. The van der Waals surface area contributed by atoms with Gasteiger partial charge in [0.25, 0.3) is 0 Å². The van der Waals surface area contributed by atoms with Gasteiger partial charge in [-0.1, -0.05) is 37.3 Å². The predicted molar refractivity (Wildman–Crippen MR) is 81.2 cm³/mol. The van der Waals surface area contributed by atoms with Gasteiger partial charge in [-0.25, -0.2) is 0 Å². The van der Waals surface area contributed by atoms with Crippen molar-refractivity contribution in [2.45, 2.75) is 18.1 Å². The maximum atomic E-state index is 12.5. The third-order valence-electron chi connectivity index (χ3n) is 3.34. The van der Waals surface area contributed by atoms with Crippen molar-refractivity contribution in [1.29, 1.82) is 0 Å². The van der Waals surface area contributed by atoms with Crippen molar-refractivity contribution in [3.63, 3.8) is 0 Å². The van der Waals surface area contributed by atoms with Gasteiger partial charge >= 0.3 is 0 Å². The van der Waals surface area contributed by atoms with E-state index in [9.17, 15) is 4.79 Å².